The highest BCUT2D eigenvalue weighted by molar-refractivity contribution is 5.95. The Hall–Kier alpha value is -1.89. The Balaban J connectivity index is 2.84. The highest BCUT2D eigenvalue weighted by Gasteiger charge is 2.13. The molecule has 0 aliphatic rings. The van der Waals surface area contributed by atoms with E-state index in [1.165, 1.54) is 23.1 Å². The molecular formula is C12H13FN2O. The number of nitrogens with zero attached hydrogens (tertiary/aromatic N) is 2. The number of carbonyl (C=O) groups excluding carboxylic acids is 1. The van der Waals surface area contributed by atoms with Gasteiger partial charge in [-0.3, -0.25) is 4.79 Å². The molecule has 1 aromatic rings. The van der Waals surface area contributed by atoms with Crippen LogP contribution in [0.25, 0.3) is 0 Å². The number of amides is 1. The average molecular weight is 220 g/mol. The summed E-state index contributed by atoms with van der Waals surface area (Å²) in [6.45, 7) is 2.07. The van der Waals surface area contributed by atoms with E-state index in [4.69, 9.17) is 5.26 Å². The van der Waals surface area contributed by atoms with Crippen molar-refractivity contribution < 1.29 is 9.18 Å². The first kappa shape index (κ1) is 12.2. The van der Waals surface area contributed by atoms with Crippen molar-refractivity contribution in [2.75, 3.05) is 13.6 Å². The van der Waals surface area contributed by atoms with E-state index in [2.05, 4.69) is 0 Å². The number of hydrogen-bond acceptors (Lipinski definition) is 2. The van der Waals surface area contributed by atoms with Gasteiger partial charge in [-0.25, -0.2) is 4.39 Å². The maximum absolute atomic E-state index is 12.8. The van der Waals surface area contributed by atoms with Crippen LogP contribution < -0.4 is 0 Å². The third-order valence-electron chi connectivity index (χ3n) is 2.32. The minimum atomic E-state index is -0.353. The second-order valence-corrected chi connectivity index (χ2v) is 3.59. The maximum Gasteiger partial charge on any atom is 0.253 e. The zero-order valence-corrected chi connectivity index (χ0v) is 9.33. The van der Waals surface area contributed by atoms with Crippen molar-refractivity contribution in [1.82, 2.24) is 4.90 Å². The third kappa shape index (κ3) is 2.80. The van der Waals surface area contributed by atoms with Crippen LogP contribution in [0.5, 0.6) is 0 Å². The second-order valence-electron chi connectivity index (χ2n) is 3.59. The Morgan fingerprint density at radius 1 is 1.56 bits per heavy atom. The minimum absolute atomic E-state index is 0.187. The lowest BCUT2D eigenvalue weighted by atomic mass is 10.1. The van der Waals surface area contributed by atoms with E-state index >= 15 is 0 Å². The smallest absolute Gasteiger partial charge is 0.253 e. The molecule has 0 radical (unpaired) electrons. The van der Waals surface area contributed by atoms with Crippen LogP contribution in [0.1, 0.15) is 22.3 Å². The van der Waals surface area contributed by atoms with Gasteiger partial charge in [-0.05, 0) is 30.7 Å². The molecule has 84 valence electrons. The molecule has 1 aromatic carbocycles. The fourth-order valence-corrected chi connectivity index (χ4v) is 1.39. The first-order chi connectivity index (χ1) is 7.56. The third-order valence-corrected chi connectivity index (χ3v) is 2.32. The number of rotatable bonds is 3. The molecule has 4 heteroatoms. The normalized spacial score (nSPS) is 9.62. The predicted octanol–water partition coefficient (Wildman–Crippen LogP) is 2.12. The summed E-state index contributed by atoms with van der Waals surface area (Å²) in [5, 5.41) is 8.42. The lowest BCUT2D eigenvalue weighted by Crippen LogP contribution is -2.28. The summed E-state index contributed by atoms with van der Waals surface area (Å²) in [4.78, 5) is 13.3. The fraction of sp³-hybridized carbons (Fsp3) is 0.333. The van der Waals surface area contributed by atoms with Gasteiger partial charge >= 0.3 is 0 Å². The average Bonchev–Trinajstić information content (AvgIpc) is 2.25. The van der Waals surface area contributed by atoms with E-state index in [9.17, 15) is 9.18 Å². The van der Waals surface area contributed by atoms with E-state index < -0.39 is 0 Å². The summed E-state index contributed by atoms with van der Waals surface area (Å²) >= 11 is 0. The van der Waals surface area contributed by atoms with Crippen molar-refractivity contribution in [3.8, 4) is 6.07 Å². The number of carbonyl (C=O) groups is 1. The molecule has 0 spiro atoms. The van der Waals surface area contributed by atoms with Crippen LogP contribution in [-0.4, -0.2) is 24.4 Å². The summed E-state index contributed by atoms with van der Waals surface area (Å²) in [6, 6.07) is 6.03. The molecule has 0 fully saturated rings. The van der Waals surface area contributed by atoms with Crippen molar-refractivity contribution in [2.24, 2.45) is 0 Å². The standard InChI is InChI=1S/C12H13FN2O/c1-9-8-10(13)4-5-11(9)12(16)15(2)7-3-6-14/h4-5,8H,3,7H2,1-2H3. The first-order valence-electron chi connectivity index (χ1n) is 4.95. The van der Waals surface area contributed by atoms with Gasteiger partial charge in [0.15, 0.2) is 0 Å². The first-order valence-corrected chi connectivity index (χ1v) is 4.95. The molecule has 0 aliphatic carbocycles. The van der Waals surface area contributed by atoms with E-state index in [0.29, 0.717) is 24.1 Å². The molecule has 0 atom stereocenters. The summed E-state index contributed by atoms with van der Waals surface area (Å²) in [6.07, 6.45) is 0.294. The van der Waals surface area contributed by atoms with Crippen LogP contribution in [0.4, 0.5) is 4.39 Å². The molecular weight excluding hydrogens is 207 g/mol. The molecule has 0 N–H and O–H groups in total. The lowest BCUT2D eigenvalue weighted by molar-refractivity contribution is 0.0797. The van der Waals surface area contributed by atoms with Gasteiger partial charge in [0.1, 0.15) is 5.82 Å². The Bertz CT molecular complexity index is 437. The highest BCUT2D eigenvalue weighted by atomic mass is 19.1. The van der Waals surface area contributed by atoms with Crippen LogP contribution >= 0.6 is 0 Å². The Kier molecular flexibility index (Phi) is 4.01. The summed E-state index contributed by atoms with van der Waals surface area (Å²) in [5.41, 5.74) is 1.08. The number of benzene rings is 1. The van der Waals surface area contributed by atoms with Crippen molar-refractivity contribution in [3.63, 3.8) is 0 Å². The van der Waals surface area contributed by atoms with Gasteiger partial charge < -0.3 is 4.90 Å². The number of hydrogen-bond donors (Lipinski definition) is 0. The molecule has 3 nitrogen and oxygen atoms in total. The highest BCUT2D eigenvalue weighted by Crippen LogP contribution is 2.12. The van der Waals surface area contributed by atoms with E-state index in [0.717, 1.165) is 0 Å². The molecule has 1 rings (SSSR count). The van der Waals surface area contributed by atoms with Crippen LogP contribution in [0, 0.1) is 24.1 Å². The summed E-state index contributed by atoms with van der Waals surface area (Å²) in [5.74, 6) is -0.540. The van der Waals surface area contributed by atoms with Crippen molar-refractivity contribution >= 4 is 5.91 Å². The molecule has 1 amide bonds. The van der Waals surface area contributed by atoms with Gasteiger partial charge in [0.05, 0.1) is 12.5 Å². The van der Waals surface area contributed by atoms with Gasteiger partial charge in [-0.2, -0.15) is 5.26 Å². The zero-order chi connectivity index (χ0) is 12.1. The van der Waals surface area contributed by atoms with Gasteiger partial charge in [-0.1, -0.05) is 0 Å². The van der Waals surface area contributed by atoms with Gasteiger partial charge in [0.25, 0.3) is 5.91 Å². The molecule has 0 aromatic heterocycles. The minimum Gasteiger partial charge on any atom is -0.341 e. The molecule has 0 aliphatic heterocycles. The fourth-order valence-electron chi connectivity index (χ4n) is 1.39. The van der Waals surface area contributed by atoms with Gasteiger partial charge in [0.2, 0.25) is 0 Å². The number of nitriles is 1. The lowest BCUT2D eigenvalue weighted by Gasteiger charge is -2.16. The molecule has 0 unspecified atom stereocenters. The topological polar surface area (TPSA) is 44.1 Å². The summed E-state index contributed by atoms with van der Waals surface area (Å²) in [7, 11) is 1.63. The van der Waals surface area contributed by atoms with Crippen LogP contribution in [-0.2, 0) is 0 Å². The van der Waals surface area contributed by atoms with Gasteiger partial charge in [-0.15, -0.1) is 0 Å². The van der Waals surface area contributed by atoms with Crippen molar-refractivity contribution in [3.05, 3.63) is 35.1 Å². The Labute approximate surface area is 94.1 Å². The quantitative estimate of drug-likeness (QED) is 0.783. The van der Waals surface area contributed by atoms with Crippen LogP contribution in [0.15, 0.2) is 18.2 Å². The van der Waals surface area contributed by atoms with Crippen LogP contribution in [0.3, 0.4) is 0 Å². The SMILES string of the molecule is Cc1cc(F)ccc1C(=O)N(C)CCC#N. The Morgan fingerprint density at radius 3 is 2.81 bits per heavy atom. The van der Waals surface area contributed by atoms with Crippen molar-refractivity contribution in [1.29, 1.82) is 5.26 Å². The number of halogens is 1. The predicted molar refractivity (Wildman–Crippen MR) is 58.3 cm³/mol. The molecule has 0 heterocycles. The maximum atomic E-state index is 12.8. The number of aryl methyl sites for hydroxylation is 1. The Morgan fingerprint density at radius 2 is 2.25 bits per heavy atom. The largest absolute Gasteiger partial charge is 0.341 e. The van der Waals surface area contributed by atoms with Gasteiger partial charge in [0, 0.05) is 19.2 Å². The van der Waals surface area contributed by atoms with Crippen molar-refractivity contribution in [2.45, 2.75) is 13.3 Å². The molecule has 0 saturated heterocycles. The van der Waals surface area contributed by atoms with Crippen LogP contribution in [0.2, 0.25) is 0 Å². The van der Waals surface area contributed by atoms with E-state index in [-0.39, 0.29) is 11.7 Å². The molecule has 0 saturated carbocycles. The van der Waals surface area contributed by atoms with E-state index in [1.807, 2.05) is 6.07 Å². The summed E-state index contributed by atoms with van der Waals surface area (Å²) < 4.78 is 12.8. The molecule has 16 heavy (non-hydrogen) atoms. The molecule has 0 bridgehead atoms. The van der Waals surface area contributed by atoms with E-state index in [1.54, 1.807) is 14.0 Å². The second kappa shape index (κ2) is 5.26. The zero-order valence-electron chi connectivity index (χ0n) is 9.33. The monoisotopic (exact) mass is 220 g/mol.